The van der Waals surface area contributed by atoms with E-state index in [1.165, 1.54) is 16.6 Å². The summed E-state index contributed by atoms with van der Waals surface area (Å²) in [5.41, 5.74) is 0.317. The standard InChI is InChI=1S/C10H8ClF2N3/c11-8-6(9(12)13)3-4-7-14-10(5-1-2-5)15-16(7)8/h3-5,9H,1-2H2. The minimum atomic E-state index is -2.59. The Kier molecular flexibility index (Phi) is 2.10. The summed E-state index contributed by atoms with van der Waals surface area (Å²) in [7, 11) is 0. The van der Waals surface area contributed by atoms with Gasteiger partial charge in [0.25, 0.3) is 6.43 Å². The van der Waals surface area contributed by atoms with E-state index in [1.807, 2.05) is 0 Å². The van der Waals surface area contributed by atoms with Crippen LogP contribution in [0.1, 0.15) is 36.6 Å². The van der Waals surface area contributed by atoms with Crippen molar-refractivity contribution in [1.82, 2.24) is 14.6 Å². The Bertz CT molecular complexity index is 548. The van der Waals surface area contributed by atoms with Crippen LogP contribution in [0.2, 0.25) is 5.15 Å². The van der Waals surface area contributed by atoms with Crippen LogP contribution in [-0.4, -0.2) is 14.6 Å². The van der Waals surface area contributed by atoms with Gasteiger partial charge in [-0.1, -0.05) is 11.6 Å². The fourth-order valence-electron chi connectivity index (χ4n) is 1.63. The van der Waals surface area contributed by atoms with Gasteiger partial charge in [0.15, 0.2) is 11.5 Å². The van der Waals surface area contributed by atoms with E-state index in [-0.39, 0.29) is 10.7 Å². The third-order valence-corrected chi connectivity index (χ3v) is 3.04. The van der Waals surface area contributed by atoms with E-state index in [0.717, 1.165) is 12.8 Å². The van der Waals surface area contributed by atoms with E-state index in [0.29, 0.717) is 17.4 Å². The minimum absolute atomic E-state index is 0.0492. The number of halogens is 3. The quantitative estimate of drug-likeness (QED) is 0.759. The van der Waals surface area contributed by atoms with E-state index in [9.17, 15) is 8.78 Å². The van der Waals surface area contributed by atoms with Crippen molar-refractivity contribution in [2.24, 2.45) is 0 Å². The van der Waals surface area contributed by atoms with Crippen LogP contribution in [-0.2, 0) is 0 Å². The molecule has 0 aliphatic heterocycles. The van der Waals surface area contributed by atoms with Crippen molar-refractivity contribution in [2.75, 3.05) is 0 Å². The summed E-state index contributed by atoms with van der Waals surface area (Å²) in [4.78, 5) is 4.26. The lowest BCUT2D eigenvalue weighted by atomic mass is 10.3. The lowest BCUT2D eigenvalue weighted by molar-refractivity contribution is 0.151. The molecule has 0 aromatic carbocycles. The number of aromatic nitrogens is 3. The molecule has 0 spiro atoms. The third kappa shape index (κ3) is 1.46. The van der Waals surface area contributed by atoms with Crippen molar-refractivity contribution in [3.8, 4) is 0 Å². The van der Waals surface area contributed by atoms with Crippen molar-refractivity contribution < 1.29 is 8.78 Å². The average molecular weight is 244 g/mol. The molecule has 0 radical (unpaired) electrons. The van der Waals surface area contributed by atoms with Gasteiger partial charge in [0, 0.05) is 5.92 Å². The number of hydrogen-bond acceptors (Lipinski definition) is 2. The Hall–Kier alpha value is -1.23. The van der Waals surface area contributed by atoms with Crippen molar-refractivity contribution in [1.29, 1.82) is 0 Å². The highest BCUT2D eigenvalue weighted by Crippen LogP contribution is 2.38. The van der Waals surface area contributed by atoms with Crippen LogP contribution in [0.5, 0.6) is 0 Å². The number of nitrogens with zero attached hydrogens (tertiary/aromatic N) is 3. The van der Waals surface area contributed by atoms with Gasteiger partial charge in [-0.2, -0.15) is 0 Å². The molecule has 84 valence electrons. The van der Waals surface area contributed by atoms with E-state index < -0.39 is 6.43 Å². The van der Waals surface area contributed by atoms with E-state index in [4.69, 9.17) is 11.6 Å². The molecular formula is C10H8ClF2N3. The number of hydrogen-bond donors (Lipinski definition) is 0. The molecule has 1 aliphatic carbocycles. The van der Waals surface area contributed by atoms with Gasteiger partial charge in [-0.05, 0) is 25.0 Å². The summed E-state index contributed by atoms with van der Waals surface area (Å²) in [5, 5.41) is 4.11. The molecule has 2 heterocycles. The van der Waals surface area contributed by atoms with Crippen LogP contribution in [0.4, 0.5) is 8.78 Å². The normalized spacial score (nSPS) is 16.2. The second kappa shape index (κ2) is 3.38. The Labute approximate surface area is 95.0 Å². The molecule has 3 rings (SSSR count). The second-order valence-electron chi connectivity index (χ2n) is 3.89. The summed E-state index contributed by atoms with van der Waals surface area (Å²) in [6.45, 7) is 0. The van der Waals surface area contributed by atoms with E-state index in [2.05, 4.69) is 10.1 Å². The van der Waals surface area contributed by atoms with E-state index >= 15 is 0 Å². The number of alkyl halides is 2. The molecule has 0 unspecified atom stereocenters. The van der Waals surface area contributed by atoms with E-state index in [1.54, 1.807) is 0 Å². The minimum Gasteiger partial charge on any atom is -0.212 e. The van der Waals surface area contributed by atoms with Crippen molar-refractivity contribution in [2.45, 2.75) is 25.2 Å². The van der Waals surface area contributed by atoms with Gasteiger partial charge < -0.3 is 0 Å². The topological polar surface area (TPSA) is 30.2 Å². The number of pyridine rings is 1. The maximum Gasteiger partial charge on any atom is 0.266 e. The first-order valence-corrected chi connectivity index (χ1v) is 5.38. The first-order valence-electron chi connectivity index (χ1n) is 5.00. The van der Waals surface area contributed by atoms with Crippen LogP contribution < -0.4 is 0 Å². The predicted molar refractivity (Wildman–Crippen MR) is 54.9 cm³/mol. The molecule has 0 atom stereocenters. The Balaban J connectivity index is 2.18. The molecule has 2 aromatic rings. The van der Waals surface area contributed by atoms with Crippen molar-refractivity contribution in [3.05, 3.63) is 28.7 Å². The molecule has 0 N–H and O–H groups in total. The highest BCUT2D eigenvalue weighted by molar-refractivity contribution is 6.30. The SMILES string of the molecule is FC(F)c1ccc2nc(C3CC3)nn2c1Cl. The highest BCUT2D eigenvalue weighted by Gasteiger charge is 2.28. The molecule has 0 bridgehead atoms. The molecule has 1 fully saturated rings. The van der Waals surface area contributed by atoms with Crippen LogP contribution in [0.25, 0.3) is 5.65 Å². The van der Waals surface area contributed by atoms with Gasteiger partial charge in [0.05, 0.1) is 5.56 Å². The fraction of sp³-hybridized carbons (Fsp3) is 0.400. The Morgan fingerprint density at radius 1 is 1.38 bits per heavy atom. The summed E-state index contributed by atoms with van der Waals surface area (Å²) in [6.07, 6.45) is -0.461. The first-order chi connectivity index (χ1) is 7.66. The molecule has 16 heavy (non-hydrogen) atoms. The lowest BCUT2D eigenvalue weighted by Crippen LogP contribution is -1.96. The Morgan fingerprint density at radius 2 is 2.12 bits per heavy atom. The predicted octanol–water partition coefficient (Wildman–Crippen LogP) is 3.20. The maximum atomic E-state index is 12.6. The molecule has 0 saturated heterocycles. The summed E-state index contributed by atoms with van der Waals surface area (Å²) in [5.74, 6) is 1.08. The van der Waals surface area contributed by atoms with Crippen LogP contribution in [0, 0.1) is 0 Å². The van der Waals surface area contributed by atoms with Crippen LogP contribution in [0.15, 0.2) is 12.1 Å². The molecule has 0 amide bonds. The van der Waals surface area contributed by atoms with Crippen molar-refractivity contribution in [3.63, 3.8) is 0 Å². The summed E-state index contributed by atoms with van der Waals surface area (Å²) >= 11 is 5.86. The summed E-state index contributed by atoms with van der Waals surface area (Å²) in [6, 6.07) is 2.82. The van der Waals surface area contributed by atoms with Gasteiger partial charge in [-0.15, -0.1) is 5.10 Å². The zero-order chi connectivity index (χ0) is 11.3. The Morgan fingerprint density at radius 3 is 2.75 bits per heavy atom. The highest BCUT2D eigenvalue weighted by atomic mass is 35.5. The molecule has 2 aromatic heterocycles. The summed E-state index contributed by atoms with van der Waals surface area (Å²) < 4.78 is 26.5. The van der Waals surface area contributed by atoms with Gasteiger partial charge in [-0.25, -0.2) is 18.3 Å². The third-order valence-electron chi connectivity index (χ3n) is 2.66. The average Bonchev–Trinajstić information content (AvgIpc) is 2.99. The van der Waals surface area contributed by atoms with Crippen molar-refractivity contribution >= 4 is 17.2 Å². The zero-order valence-electron chi connectivity index (χ0n) is 8.20. The zero-order valence-corrected chi connectivity index (χ0v) is 8.96. The fourth-order valence-corrected chi connectivity index (χ4v) is 1.90. The maximum absolute atomic E-state index is 12.6. The number of rotatable bonds is 2. The molecular weight excluding hydrogens is 236 g/mol. The first kappa shape index (κ1) is 9.96. The number of fused-ring (bicyclic) bond motifs is 1. The van der Waals surface area contributed by atoms with Crippen LogP contribution >= 0.6 is 11.6 Å². The van der Waals surface area contributed by atoms with Gasteiger partial charge in [-0.3, -0.25) is 0 Å². The second-order valence-corrected chi connectivity index (χ2v) is 4.25. The van der Waals surface area contributed by atoms with Gasteiger partial charge >= 0.3 is 0 Å². The molecule has 6 heteroatoms. The largest absolute Gasteiger partial charge is 0.266 e. The smallest absolute Gasteiger partial charge is 0.212 e. The molecule has 1 aliphatic rings. The van der Waals surface area contributed by atoms with Crippen LogP contribution in [0.3, 0.4) is 0 Å². The van der Waals surface area contributed by atoms with Gasteiger partial charge in [0.1, 0.15) is 5.15 Å². The monoisotopic (exact) mass is 243 g/mol. The van der Waals surface area contributed by atoms with Gasteiger partial charge in [0.2, 0.25) is 0 Å². The molecule has 3 nitrogen and oxygen atoms in total. The molecule has 1 saturated carbocycles. The lowest BCUT2D eigenvalue weighted by Gasteiger charge is -2.03.